The summed E-state index contributed by atoms with van der Waals surface area (Å²) in [6.07, 6.45) is 3.30. The van der Waals surface area contributed by atoms with Crippen LogP contribution in [0.25, 0.3) is 11.0 Å². The molecule has 0 aliphatic heterocycles. The second-order valence-corrected chi connectivity index (χ2v) is 2.75. The molecule has 2 aromatic heterocycles. The molecule has 56 valence electrons. The molecule has 0 aliphatic rings. The van der Waals surface area contributed by atoms with Gasteiger partial charge in [-0.1, -0.05) is 11.6 Å². The lowest BCUT2D eigenvalue weighted by Crippen LogP contribution is -1.73. The van der Waals surface area contributed by atoms with E-state index in [9.17, 15) is 0 Å². The first-order valence-electron chi connectivity index (χ1n) is 3.23. The maximum atomic E-state index is 5.83. The van der Waals surface area contributed by atoms with Crippen LogP contribution in [0.4, 0.5) is 0 Å². The van der Waals surface area contributed by atoms with E-state index in [1.54, 1.807) is 12.4 Å². The third-order valence-corrected chi connectivity index (χ3v) is 1.74. The van der Waals surface area contributed by atoms with Gasteiger partial charge < -0.3 is 4.98 Å². The second kappa shape index (κ2) is 2.20. The number of hydrogen-bond acceptors (Lipinski definition) is 2. The standard InChI is InChI=1S/C7H6ClN3/c1-4-10-6-3-9-2-5(8)7(6)11-4/h2-3H,1H3,(H,10,11). The molecule has 4 heteroatoms. The van der Waals surface area contributed by atoms with Crippen molar-refractivity contribution in [2.75, 3.05) is 0 Å². The minimum absolute atomic E-state index is 0.590. The van der Waals surface area contributed by atoms with E-state index in [1.165, 1.54) is 0 Å². The Labute approximate surface area is 68.4 Å². The Kier molecular flexibility index (Phi) is 1.32. The highest BCUT2D eigenvalue weighted by atomic mass is 35.5. The zero-order chi connectivity index (χ0) is 7.84. The van der Waals surface area contributed by atoms with Gasteiger partial charge in [0.25, 0.3) is 0 Å². The summed E-state index contributed by atoms with van der Waals surface area (Å²) < 4.78 is 0. The molecule has 1 N–H and O–H groups in total. The predicted octanol–water partition coefficient (Wildman–Crippen LogP) is 1.92. The highest BCUT2D eigenvalue weighted by Crippen LogP contribution is 2.18. The number of aryl methyl sites for hydroxylation is 1. The zero-order valence-electron chi connectivity index (χ0n) is 5.93. The summed E-state index contributed by atoms with van der Waals surface area (Å²) in [6, 6.07) is 0. The van der Waals surface area contributed by atoms with Gasteiger partial charge in [-0.3, -0.25) is 4.98 Å². The Bertz CT molecular complexity index is 393. The highest BCUT2D eigenvalue weighted by molar-refractivity contribution is 6.34. The lowest BCUT2D eigenvalue weighted by molar-refractivity contribution is 1.17. The molecule has 0 aliphatic carbocycles. The van der Waals surface area contributed by atoms with Crippen LogP contribution in [0.5, 0.6) is 0 Å². The lowest BCUT2D eigenvalue weighted by Gasteiger charge is -1.87. The predicted molar refractivity (Wildman–Crippen MR) is 43.6 cm³/mol. The first-order valence-corrected chi connectivity index (χ1v) is 3.61. The molecule has 0 fully saturated rings. The Morgan fingerprint density at radius 1 is 1.45 bits per heavy atom. The van der Waals surface area contributed by atoms with E-state index in [0.29, 0.717) is 5.02 Å². The number of H-pyrrole nitrogens is 1. The molecule has 0 radical (unpaired) electrons. The fourth-order valence-electron chi connectivity index (χ4n) is 1.02. The average Bonchev–Trinajstić information content (AvgIpc) is 2.31. The van der Waals surface area contributed by atoms with Crippen molar-refractivity contribution in [1.29, 1.82) is 0 Å². The molecule has 0 saturated heterocycles. The monoisotopic (exact) mass is 167 g/mol. The third-order valence-electron chi connectivity index (χ3n) is 1.47. The van der Waals surface area contributed by atoms with Crippen molar-refractivity contribution in [2.24, 2.45) is 0 Å². The summed E-state index contributed by atoms with van der Waals surface area (Å²) in [5.41, 5.74) is 1.68. The van der Waals surface area contributed by atoms with Gasteiger partial charge in [-0.05, 0) is 6.92 Å². The Morgan fingerprint density at radius 3 is 3.00 bits per heavy atom. The second-order valence-electron chi connectivity index (χ2n) is 2.34. The van der Waals surface area contributed by atoms with Crippen molar-refractivity contribution < 1.29 is 0 Å². The van der Waals surface area contributed by atoms with E-state index in [0.717, 1.165) is 16.9 Å². The molecular weight excluding hydrogens is 162 g/mol. The number of pyridine rings is 1. The molecule has 2 aromatic rings. The normalized spacial score (nSPS) is 10.7. The Balaban J connectivity index is 2.90. The van der Waals surface area contributed by atoms with Gasteiger partial charge in [-0.2, -0.15) is 0 Å². The number of hydrogen-bond donors (Lipinski definition) is 1. The summed E-state index contributed by atoms with van der Waals surface area (Å²) in [4.78, 5) is 11.1. The third kappa shape index (κ3) is 0.973. The van der Waals surface area contributed by atoms with Crippen molar-refractivity contribution in [3.05, 3.63) is 23.2 Å². The number of fused-ring (bicyclic) bond motifs is 1. The van der Waals surface area contributed by atoms with Crippen LogP contribution in [-0.4, -0.2) is 15.0 Å². The van der Waals surface area contributed by atoms with Crippen molar-refractivity contribution in [3.8, 4) is 0 Å². The van der Waals surface area contributed by atoms with Crippen LogP contribution in [0.1, 0.15) is 5.82 Å². The largest absolute Gasteiger partial charge is 0.341 e. The van der Waals surface area contributed by atoms with Crippen LogP contribution >= 0.6 is 11.6 Å². The van der Waals surface area contributed by atoms with Crippen molar-refractivity contribution >= 4 is 22.6 Å². The van der Waals surface area contributed by atoms with Gasteiger partial charge in [0.05, 0.1) is 16.7 Å². The van der Waals surface area contributed by atoms with E-state index in [4.69, 9.17) is 11.6 Å². The summed E-state index contributed by atoms with van der Waals surface area (Å²) in [6.45, 7) is 1.89. The van der Waals surface area contributed by atoms with E-state index in [1.807, 2.05) is 6.92 Å². The molecule has 0 spiro atoms. The quantitative estimate of drug-likeness (QED) is 0.652. The van der Waals surface area contributed by atoms with Crippen molar-refractivity contribution in [2.45, 2.75) is 6.92 Å². The summed E-state index contributed by atoms with van der Waals surface area (Å²) in [5.74, 6) is 0.856. The Morgan fingerprint density at radius 2 is 2.27 bits per heavy atom. The summed E-state index contributed by atoms with van der Waals surface area (Å²) in [7, 11) is 0. The molecule has 2 heterocycles. The van der Waals surface area contributed by atoms with Gasteiger partial charge in [-0.15, -0.1) is 0 Å². The van der Waals surface area contributed by atoms with E-state index in [2.05, 4.69) is 15.0 Å². The molecule has 0 aromatic carbocycles. The molecule has 11 heavy (non-hydrogen) atoms. The van der Waals surface area contributed by atoms with Crippen LogP contribution in [0.2, 0.25) is 5.02 Å². The SMILES string of the molecule is Cc1nc2c(Cl)cncc2[nH]1. The van der Waals surface area contributed by atoms with E-state index < -0.39 is 0 Å². The molecule has 0 amide bonds. The van der Waals surface area contributed by atoms with E-state index in [-0.39, 0.29) is 0 Å². The first-order chi connectivity index (χ1) is 5.27. The molecule has 0 atom stereocenters. The number of aromatic nitrogens is 3. The van der Waals surface area contributed by atoms with Gasteiger partial charge in [0.15, 0.2) is 0 Å². The topological polar surface area (TPSA) is 41.6 Å². The number of halogens is 1. The van der Waals surface area contributed by atoms with Crippen molar-refractivity contribution in [1.82, 2.24) is 15.0 Å². The number of nitrogens with one attached hydrogen (secondary N) is 1. The molecule has 3 nitrogen and oxygen atoms in total. The van der Waals surface area contributed by atoms with Crippen LogP contribution in [-0.2, 0) is 0 Å². The molecule has 2 rings (SSSR count). The van der Waals surface area contributed by atoms with Gasteiger partial charge in [0, 0.05) is 6.20 Å². The first kappa shape index (κ1) is 6.61. The molecular formula is C7H6ClN3. The van der Waals surface area contributed by atoms with Crippen LogP contribution in [0.3, 0.4) is 0 Å². The molecule has 0 unspecified atom stereocenters. The number of nitrogens with zero attached hydrogens (tertiary/aromatic N) is 2. The number of aromatic amines is 1. The van der Waals surface area contributed by atoms with Gasteiger partial charge >= 0.3 is 0 Å². The minimum atomic E-state index is 0.590. The fourth-order valence-corrected chi connectivity index (χ4v) is 1.22. The van der Waals surface area contributed by atoms with Crippen LogP contribution in [0, 0.1) is 6.92 Å². The number of imidazole rings is 1. The average molecular weight is 168 g/mol. The summed E-state index contributed by atoms with van der Waals surface area (Å²) in [5, 5.41) is 0.590. The van der Waals surface area contributed by atoms with Gasteiger partial charge in [0.2, 0.25) is 0 Å². The fraction of sp³-hybridized carbons (Fsp3) is 0.143. The highest BCUT2D eigenvalue weighted by Gasteiger charge is 2.02. The minimum Gasteiger partial charge on any atom is -0.341 e. The van der Waals surface area contributed by atoms with Crippen molar-refractivity contribution in [3.63, 3.8) is 0 Å². The van der Waals surface area contributed by atoms with Crippen LogP contribution < -0.4 is 0 Å². The Hall–Kier alpha value is -1.09. The maximum absolute atomic E-state index is 5.83. The zero-order valence-corrected chi connectivity index (χ0v) is 6.68. The summed E-state index contributed by atoms with van der Waals surface area (Å²) >= 11 is 5.83. The molecule has 0 saturated carbocycles. The number of rotatable bonds is 0. The lowest BCUT2D eigenvalue weighted by atomic mass is 10.4. The van der Waals surface area contributed by atoms with Gasteiger partial charge in [-0.25, -0.2) is 4.98 Å². The smallest absolute Gasteiger partial charge is 0.110 e. The van der Waals surface area contributed by atoms with Gasteiger partial charge in [0.1, 0.15) is 11.3 Å². The van der Waals surface area contributed by atoms with Crippen LogP contribution in [0.15, 0.2) is 12.4 Å². The maximum Gasteiger partial charge on any atom is 0.110 e. The molecule has 0 bridgehead atoms. The van der Waals surface area contributed by atoms with E-state index >= 15 is 0 Å².